The van der Waals surface area contributed by atoms with E-state index in [-0.39, 0.29) is 6.10 Å². The molecule has 0 saturated carbocycles. The quantitative estimate of drug-likeness (QED) is 0.934. The van der Waals surface area contributed by atoms with Crippen LogP contribution in [0.15, 0.2) is 60.7 Å². The van der Waals surface area contributed by atoms with Gasteiger partial charge in [0.2, 0.25) is 0 Å². The second kappa shape index (κ2) is 7.01. The van der Waals surface area contributed by atoms with E-state index in [1.807, 2.05) is 60.7 Å². The highest BCUT2D eigenvalue weighted by molar-refractivity contribution is 5.17. The van der Waals surface area contributed by atoms with Crippen LogP contribution in [-0.4, -0.2) is 36.3 Å². The fourth-order valence-corrected chi connectivity index (χ4v) is 3.04. The average molecular weight is 328 g/mol. The van der Waals surface area contributed by atoms with Gasteiger partial charge in [0.05, 0.1) is 13.2 Å². The molecule has 5 atom stereocenters. The molecule has 2 aliphatic heterocycles. The molecule has 0 spiro atoms. The first-order chi connectivity index (χ1) is 11.8. The van der Waals surface area contributed by atoms with Gasteiger partial charge in [-0.25, -0.2) is 0 Å². The first kappa shape index (κ1) is 15.7. The zero-order valence-corrected chi connectivity index (χ0v) is 13.2. The van der Waals surface area contributed by atoms with Gasteiger partial charge >= 0.3 is 0 Å². The lowest BCUT2D eigenvalue weighted by atomic mass is 10.1. The maximum Gasteiger partial charge on any atom is 0.186 e. The van der Waals surface area contributed by atoms with Crippen molar-refractivity contribution in [2.75, 3.05) is 6.61 Å². The number of aliphatic hydroxyl groups excluding tert-OH is 1. The summed E-state index contributed by atoms with van der Waals surface area (Å²) >= 11 is 0. The summed E-state index contributed by atoms with van der Waals surface area (Å²) in [5, 5.41) is 10.5. The van der Waals surface area contributed by atoms with Crippen molar-refractivity contribution in [3.63, 3.8) is 0 Å². The molecule has 5 nitrogen and oxygen atoms in total. The first-order valence-electron chi connectivity index (χ1n) is 8.12. The van der Waals surface area contributed by atoms with Gasteiger partial charge in [-0.05, 0) is 5.56 Å². The van der Waals surface area contributed by atoms with E-state index in [2.05, 4.69) is 0 Å². The number of fused-ring (bicyclic) bond motifs is 1. The van der Waals surface area contributed by atoms with Gasteiger partial charge in [0.25, 0.3) is 0 Å². The fraction of sp³-hybridized carbons (Fsp3) is 0.368. The SMILES string of the molecule is O[C@@H]1[C@@H](OCc2ccccc2)OC[C@H]2O[C@H](c3ccccc3)O[C@@H]12. The summed E-state index contributed by atoms with van der Waals surface area (Å²) < 4.78 is 23.1. The monoisotopic (exact) mass is 328 g/mol. The average Bonchev–Trinajstić information content (AvgIpc) is 3.08. The lowest BCUT2D eigenvalue weighted by Crippen LogP contribution is -2.52. The van der Waals surface area contributed by atoms with E-state index in [4.69, 9.17) is 18.9 Å². The Balaban J connectivity index is 1.38. The fourth-order valence-electron chi connectivity index (χ4n) is 3.04. The van der Waals surface area contributed by atoms with Crippen LogP contribution in [-0.2, 0) is 25.6 Å². The predicted molar refractivity (Wildman–Crippen MR) is 85.9 cm³/mol. The Hall–Kier alpha value is -1.76. The molecule has 0 unspecified atom stereocenters. The van der Waals surface area contributed by atoms with Gasteiger partial charge in [-0.2, -0.15) is 0 Å². The first-order valence-corrected chi connectivity index (χ1v) is 8.12. The molecule has 2 heterocycles. The van der Waals surface area contributed by atoms with E-state index in [1.54, 1.807) is 0 Å². The molecule has 0 aromatic heterocycles. The number of aliphatic hydroxyl groups is 1. The van der Waals surface area contributed by atoms with Crippen LogP contribution in [0.4, 0.5) is 0 Å². The second-order valence-corrected chi connectivity index (χ2v) is 6.01. The van der Waals surface area contributed by atoms with Crippen molar-refractivity contribution in [3.8, 4) is 0 Å². The molecular weight excluding hydrogens is 308 g/mol. The highest BCUT2D eigenvalue weighted by Gasteiger charge is 2.48. The van der Waals surface area contributed by atoms with E-state index in [0.29, 0.717) is 13.2 Å². The number of hydrogen-bond donors (Lipinski definition) is 1. The Bertz CT molecular complexity index is 647. The normalized spacial score (nSPS) is 32.5. The summed E-state index contributed by atoms with van der Waals surface area (Å²) in [6.07, 6.45) is -2.83. The van der Waals surface area contributed by atoms with Crippen molar-refractivity contribution in [2.24, 2.45) is 0 Å². The van der Waals surface area contributed by atoms with Crippen LogP contribution >= 0.6 is 0 Å². The molecule has 1 N–H and O–H groups in total. The molecule has 0 radical (unpaired) electrons. The molecule has 4 rings (SSSR count). The van der Waals surface area contributed by atoms with E-state index in [0.717, 1.165) is 11.1 Å². The van der Waals surface area contributed by atoms with E-state index in [9.17, 15) is 5.11 Å². The van der Waals surface area contributed by atoms with Gasteiger partial charge in [-0.15, -0.1) is 0 Å². The van der Waals surface area contributed by atoms with Gasteiger partial charge in [0.15, 0.2) is 12.6 Å². The molecule has 2 aliphatic rings. The second-order valence-electron chi connectivity index (χ2n) is 6.01. The smallest absolute Gasteiger partial charge is 0.186 e. The van der Waals surface area contributed by atoms with Crippen LogP contribution in [0.5, 0.6) is 0 Å². The summed E-state index contributed by atoms with van der Waals surface area (Å²) in [7, 11) is 0. The Morgan fingerprint density at radius 1 is 0.958 bits per heavy atom. The summed E-state index contributed by atoms with van der Waals surface area (Å²) in [6, 6.07) is 19.5. The topological polar surface area (TPSA) is 57.2 Å². The summed E-state index contributed by atoms with van der Waals surface area (Å²) in [5.74, 6) is 0. The molecule has 2 fully saturated rings. The van der Waals surface area contributed by atoms with Crippen molar-refractivity contribution in [1.82, 2.24) is 0 Å². The van der Waals surface area contributed by atoms with Crippen molar-refractivity contribution in [3.05, 3.63) is 71.8 Å². The predicted octanol–water partition coefficient (Wildman–Crippen LogP) is 2.40. The van der Waals surface area contributed by atoms with Gasteiger partial charge in [0, 0.05) is 5.56 Å². The van der Waals surface area contributed by atoms with Crippen LogP contribution in [0.1, 0.15) is 17.4 Å². The van der Waals surface area contributed by atoms with Crippen LogP contribution < -0.4 is 0 Å². The van der Waals surface area contributed by atoms with E-state index >= 15 is 0 Å². The zero-order chi connectivity index (χ0) is 16.4. The molecule has 126 valence electrons. The number of ether oxygens (including phenoxy) is 4. The molecule has 0 amide bonds. The van der Waals surface area contributed by atoms with Gasteiger partial charge < -0.3 is 24.1 Å². The van der Waals surface area contributed by atoms with Crippen molar-refractivity contribution in [2.45, 2.75) is 37.5 Å². The standard InChI is InChI=1S/C19H20O5/c20-16-17-15(23-18(24-17)14-9-5-2-6-10-14)12-22-19(16)21-11-13-7-3-1-4-8-13/h1-10,15-20H,11-12H2/t15-,16+,17-,18+,19+/m1/s1. The minimum Gasteiger partial charge on any atom is -0.385 e. The lowest BCUT2D eigenvalue weighted by Gasteiger charge is -2.34. The van der Waals surface area contributed by atoms with Crippen molar-refractivity contribution in [1.29, 1.82) is 0 Å². The number of rotatable bonds is 4. The molecule has 5 heteroatoms. The summed E-state index contributed by atoms with van der Waals surface area (Å²) in [5.41, 5.74) is 1.96. The van der Waals surface area contributed by atoms with Crippen LogP contribution in [0, 0.1) is 0 Å². The highest BCUT2D eigenvalue weighted by atomic mass is 16.8. The molecule has 24 heavy (non-hydrogen) atoms. The molecule has 0 bridgehead atoms. The van der Waals surface area contributed by atoms with Gasteiger partial charge in [-0.1, -0.05) is 60.7 Å². The Labute approximate surface area is 140 Å². The molecular formula is C19H20O5. The largest absolute Gasteiger partial charge is 0.385 e. The Morgan fingerprint density at radius 2 is 1.67 bits per heavy atom. The molecule has 2 aromatic rings. The van der Waals surface area contributed by atoms with Crippen LogP contribution in [0.25, 0.3) is 0 Å². The molecule has 2 aromatic carbocycles. The maximum atomic E-state index is 10.5. The minimum atomic E-state index is -0.888. The van der Waals surface area contributed by atoms with Crippen LogP contribution in [0.2, 0.25) is 0 Å². The van der Waals surface area contributed by atoms with Crippen molar-refractivity contribution < 1.29 is 24.1 Å². The van der Waals surface area contributed by atoms with Gasteiger partial charge in [0.1, 0.15) is 18.3 Å². The third-order valence-corrected chi connectivity index (χ3v) is 4.31. The Morgan fingerprint density at radius 3 is 2.42 bits per heavy atom. The summed E-state index contributed by atoms with van der Waals surface area (Å²) in [4.78, 5) is 0. The minimum absolute atomic E-state index is 0.290. The van der Waals surface area contributed by atoms with Crippen LogP contribution in [0.3, 0.4) is 0 Å². The highest BCUT2D eigenvalue weighted by Crippen LogP contribution is 2.36. The molecule has 0 aliphatic carbocycles. The number of hydrogen-bond acceptors (Lipinski definition) is 5. The molecule has 2 saturated heterocycles. The third kappa shape index (κ3) is 3.22. The Kier molecular flexibility index (Phi) is 4.60. The number of benzene rings is 2. The maximum absolute atomic E-state index is 10.5. The van der Waals surface area contributed by atoms with E-state index in [1.165, 1.54) is 0 Å². The van der Waals surface area contributed by atoms with E-state index < -0.39 is 24.8 Å². The summed E-state index contributed by atoms with van der Waals surface area (Å²) in [6.45, 7) is 0.716. The van der Waals surface area contributed by atoms with Crippen molar-refractivity contribution >= 4 is 0 Å². The lowest BCUT2D eigenvalue weighted by molar-refractivity contribution is -0.255. The van der Waals surface area contributed by atoms with Gasteiger partial charge in [-0.3, -0.25) is 0 Å². The zero-order valence-electron chi connectivity index (χ0n) is 13.2. The third-order valence-electron chi connectivity index (χ3n) is 4.31.